The van der Waals surface area contributed by atoms with Crippen molar-refractivity contribution in [3.63, 3.8) is 0 Å². The van der Waals surface area contributed by atoms with E-state index >= 15 is 0 Å². The van der Waals surface area contributed by atoms with Gasteiger partial charge in [-0.2, -0.15) is 0 Å². The lowest BCUT2D eigenvalue weighted by atomic mass is 9.47. The molecular formula is C23H32O5. The Morgan fingerprint density at radius 2 is 1.86 bits per heavy atom. The summed E-state index contributed by atoms with van der Waals surface area (Å²) < 4.78 is 4.72. The molecule has 5 heteroatoms. The molecule has 154 valence electrons. The molecule has 3 rings (SSSR count). The summed E-state index contributed by atoms with van der Waals surface area (Å²) in [4.78, 5) is 12.0. The monoisotopic (exact) mass is 388 g/mol. The zero-order valence-electron chi connectivity index (χ0n) is 17.5. The highest BCUT2D eigenvalue weighted by molar-refractivity contribution is 5.94. The smallest absolute Gasteiger partial charge is 0.341 e. The van der Waals surface area contributed by atoms with Crippen LogP contribution in [0.1, 0.15) is 69.3 Å². The molecule has 0 heterocycles. The van der Waals surface area contributed by atoms with Crippen molar-refractivity contribution < 1.29 is 24.9 Å². The van der Waals surface area contributed by atoms with Gasteiger partial charge in [-0.1, -0.05) is 32.4 Å². The van der Waals surface area contributed by atoms with Gasteiger partial charge in [0.05, 0.1) is 7.11 Å². The molecule has 0 radical (unpaired) electrons. The standard InChI is InChI=1S/C23H32O5/c1-13-7-6-8-17-22(13,3)10-9-14(2)23(17,4)12-15-11-16(21(27)28-5)19(25)20(26)18(15)24/h7,11,14,17,24-26H,6,8-10,12H2,1-5H3/t14-,17+,22+,23+/m0/s1. The molecule has 0 aliphatic heterocycles. The number of fused-ring (bicyclic) bond motifs is 1. The first-order valence-electron chi connectivity index (χ1n) is 10.1. The van der Waals surface area contributed by atoms with Crippen LogP contribution in [0.2, 0.25) is 0 Å². The van der Waals surface area contributed by atoms with Crippen molar-refractivity contribution in [1.29, 1.82) is 0 Å². The number of esters is 1. The largest absolute Gasteiger partial charge is 0.504 e. The lowest BCUT2D eigenvalue weighted by molar-refractivity contribution is -0.0412. The van der Waals surface area contributed by atoms with Gasteiger partial charge in [-0.25, -0.2) is 4.79 Å². The molecule has 1 saturated carbocycles. The summed E-state index contributed by atoms with van der Waals surface area (Å²) >= 11 is 0. The summed E-state index contributed by atoms with van der Waals surface area (Å²) in [6.45, 7) is 9.09. The van der Waals surface area contributed by atoms with Crippen molar-refractivity contribution in [2.75, 3.05) is 7.11 Å². The predicted molar refractivity (Wildman–Crippen MR) is 108 cm³/mol. The average Bonchev–Trinajstić information content (AvgIpc) is 2.67. The van der Waals surface area contributed by atoms with E-state index in [1.54, 1.807) is 0 Å². The first kappa shape index (κ1) is 20.6. The first-order chi connectivity index (χ1) is 13.1. The van der Waals surface area contributed by atoms with Crippen LogP contribution in [0.25, 0.3) is 0 Å². The number of carbonyl (C=O) groups excluding carboxylic acids is 1. The molecule has 0 amide bonds. The van der Waals surface area contributed by atoms with Gasteiger partial charge in [0.15, 0.2) is 11.5 Å². The Bertz CT molecular complexity index is 827. The van der Waals surface area contributed by atoms with Crippen LogP contribution in [-0.2, 0) is 11.2 Å². The molecule has 28 heavy (non-hydrogen) atoms. The zero-order chi connectivity index (χ0) is 20.9. The molecule has 0 saturated heterocycles. The molecule has 5 nitrogen and oxygen atoms in total. The van der Waals surface area contributed by atoms with Crippen molar-refractivity contribution in [2.45, 2.75) is 59.8 Å². The van der Waals surface area contributed by atoms with E-state index in [9.17, 15) is 20.1 Å². The highest BCUT2D eigenvalue weighted by Crippen LogP contribution is 2.61. The molecule has 0 bridgehead atoms. The van der Waals surface area contributed by atoms with Gasteiger partial charge < -0.3 is 20.1 Å². The number of ether oxygens (including phenoxy) is 1. The fourth-order valence-electron chi connectivity index (χ4n) is 5.72. The maximum atomic E-state index is 12.0. The maximum Gasteiger partial charge on any atom is 0.341 e. The molecule has 0 unspecified atom stereocenters. The Hall–Kier alpha value is -2.17. The lowest BCUT2D eigenvalue weighted by Gasteiger charge is -2.58. The Balaban J connectivity index is 2.07. The topological polar surface area (TPSA) is 87.0 Å². The van der Waals surface area contributed by atoms with E-state index in [0.29, 0.717) is 23.8 Å². The van der Waals surface area contributed by atoms with Crippen LogP contribution in [0.15, 0.2) is 17.7 Å². The van der Waals surface area contributed by atoms with Crippen LogP contribution in [0, 0.1) is 22.7 Å². The summed E-state index contributed by atoms with van der Waals surface area (Å²) in [5.41, 5.74) is 1.80. The fourth-order valence-corrected chi connectivity index (χ4v) is 5.72. The van der Waals surface area contributed by atoms with Crippen LogP contribution in [0.4, 0.5) is 0 Å². The van der Waals surface area contributed by atoms with Gasteiger partial charge in [0.2, 0.25) is 5.75 Å². The van der Waals surface area contributed by atoms with Crippen molar-refractivity contribution >= 4 is 5.97 Å². The Morgan fingerprint density at radius 3 is 2.50 bits per heavy atom. The number of hydrogen-bond donors (Lipinski definition) is 3. The first-order valence-corrected chi connectivity index (χ1v) is 10.1. The van der Waals surface area contributed by atoms with E-state index in [1.165, 1.54) is 18.7 Å². The van der Waals surface area contributed by atoms with Crippen molar-refractivity contribution in [2.24, 2.45) is 22.7 Å². The zero-order valence-corrected chi connectivity index (χ0v) is 17.5. The van der Waals surface area contributed by atoms with Gasteiger partial charge in [-0.3, -0.25) is 0 Å². The molecular weight excluding hydrogens is 356 g/mol. The molecule has 2 aliphatic carbocycles. The normalized spacial score (nSPS) is 32.4. The second-order valence-electron chi connectivity index (χ2n) is 9.18. The van der Waals surface area contributed by atoms with E-state index < -0.39 is 17.5 Å². The molecule has 4 atom stereocenters. The summed E-state index contributed by atoms with van der Waals surface area (Å²) in [5.74, 6) is -1.53. The van der Waals surface area contributed by atoms with Crippen LogP contribution in [0.5, 0.6) is 17.2 Å². The number of allylic oxidation sites excluding steroid dienone is 2. The number of benzene rings is 1. The second kappa shape index (κ2) is 7.02. The molecule has 0 aromatic heterocycles. The Kier molecular flexibility index (Phi) is 5.15. The SMILES string of the molecule is COC(=O)c1cc(C[C@]2(C)[C@@H](C)CC[C@]3(C)C(C)=CCC[C@@H]23)c(O)c(O)c1O. The molecule has 1 aromatic rings. The highest BCUT2D eigenvalue weighted by Gasteiger charge is 2.53. The Morgan fingerprint density at radius 1 is 1.18 bits per heavy atom. The van der Waals surface area contributed by atoms with Gasteiger partial charge in [0, 0.05) is 0 Å². The van der Waals surface area contributed by atoms with E-state index in [-0.39, 0.29) is 22.1 Å². The van der Waals surface area contributed by atoms with E-state index in [2.05, 4.69) is 33.8 Å². The number of carbonyl (C=O) groups is 1. The summed E-state index contributed by atoms with van der Waals surface area (Å²) in [7, 11) is 1.22. The molecule has 3 N–H and O–H groups in total. The van der Waals surface area contributed by atoms with E-state index in [0.717, 1.165) is 25.7 Å². The number of phenolic OH excluding ortho intramolecular Hbond substituents is 3. The Labute approximate surface area is 167 Å². The van der Waals surface area contributed by atoms with Crippen LogP contribution in [0.3, 0.4) is 0 Å². The minimum Gasteiger partial charge on any atom is -0.504 e. The number of methoxy groups -OCH3 is 1. The summed E-state index contributed by atoms with van der Waals surface area (Å²) in [5, 5.41) is 30.8. The van der Waals surface area contributed by atoms with Crippen LogP contribution in [-0.4, -0.2) is 28.4 Å². The van der Waals surface area contributed by atoms with Crippen molar-refractivity contribution in [3.05, 3.63) is 28.8 Å². The third-order valence-electron chi connectivity index (χ3n) is 7.90. The van der Waals surface area contributed by atoms with Gasteiger partial charge in [0.25, 0.3) is 0 Å². The highest BCUT2D eigenvalue weighted by atomic mass is 16.5. The predicted octanol–water partition coefficient (Wildman–Crippen LogP) is 4.93. The van der Waals surface area contributed by atoms with Crippen LogP contribution >= 0.6 is 0 Å². The summed E-state index contributed by atoms with van der Waals surface area (Å²) in [6, 6.07) is 1.46. The van der Waals surface area contributed by atoms with Crippen molar-refractivity contribution in [3.8, 4) is 17.2 Å². The van der Waals surface area contributed by atoms with E-state index in [1.807, 2.05) is 0 Å². The maximum absolute atomic E-state index is 12.0. The third kappa shape index (κ3) is 2.96. The number of phenols is 3. The number of rotatable bonds is 3. The van der Waals surface area contributed by atoms with Crippen LogP contribution < -0.4 is 0 Å². The lowest BCUT2D eigenvalue weighted by Crippen LogP contribution is -2.50. The molecule has 0 spiro atoms. The number of hydrogen-bond acceptors (Lipinski definition) is 5. The second-order valence-corrected chi connectivity index (χ2v) is 9.18. The fraction of sp³-hybridized carbons (Fsp3) is 0.609. The number of aromatic hydroxyl groups is 3. The van der Waals surface area contributed by atoms with Gasteiger partial charge >= 0.3 is 5.97 Å². The average molecular weight is 389 g/mol. The van der Waals surface area contributed by atoms with Crippen molar-refractivity contribution in [1.82, 2.24) is 0 Å². The molecule has 2 aliphatic rings. The third-order valence-corrected chi connectivity index (χ3v) is 7.90. The van der Waals surface area contributed by atoms with Gasteiger partial charge in [0.1, 0.15) is 5.56 Å². The van der Waals surface area contributed by atoms with E-state index in [4.69, 9.17) is 4.74 Å². The summed E-state index contributed by atoms with van der Waals surface area (Å²) in [6.07, 6.45) is 7.25. The quantitative estimate of drug-likeness (QED) is 0.388. The minimum absolute atomic E-state index is 0.114. The van der Waals surface area contributed by atoms with Gasteiger partial charge in [-0.15, -0.1) is 0 Å². The molecule has 1 fully saturated rings. The van der Waals surface area contributed by atoms with Gasteiger partial charge in [-0.05, 0) is 73.3 Å². The minimum atomic E-state index is -0.739. The molecule has 1 aromatic carbocycles.